The van der Waals surface area contributed by atoms with Gasteiger partial charge in [-0.15, -0.1) is 0 Å². The maximum absolute atomic E-state index is 11.3. The summed E-state index contributed by atoms with van der Waals surface area (Å²) in [5.41, 5.74) is 7.07. The Morgan fingerprint density at radius 3 is 3.00 bits per heavy atom. The van der Waals surface area contributed by atoms with Crippen LogP contribution >= 0.6 is 11.8 Å². The van der Waals surface area contributed by atoms with E-state index in [-0.39, 0.29) is 5.56 Å². The molecule has 0 aliphatic heterocycles. The average molecular weight is 280 g/mol. The molecule has 4 N–H and O–H groups in total. The monoisotopic (exact) mass is 280 g/mol. The molecule has 2 unspecified atom stereocenters. The van der Waals surface area contributed by atoms with Crippen molar-refractivity contribution in [3.8, 4) is 0 Å². The molecule has 1 aliphatic carbocycles. The standard InChI is InChI=1S/C14H20N2O2S/c1-2-19-13-5-3-4-12(13)16-11-7-6-9(15)8-10(11)14(17)18/h6-8,12-13,16H,2-5,15H2,1H3,(H,17,18). The molecule has 0 radical (unpaired) electrons. The average Bonchev–Trinajstić information content (AvgIpc) is 2.79. The fraction of sp³-hybridized carbons (Fsp3) is 0.500. The zero-order valence-electron chi connectivity index (χ0n) is 11.1. The van der Waals surface area contributed by atoms with E-state index in [1.165, 1.54) is 18.9 Å². The molecule has 2 atom stereocenters. The molecule has 1 aliphatic rings. The molecule has 1 aromatic carbocycles. The van der Waals surface area contributed by atoms with E-state index in [2.05, 4.69) is 12.2 Å². The van der Waals surface area contributed by atoms with Crippen LogP contribution in [0.1, 0.15) is 36.5 Å². The van der Waals surface area contributed by atoms with Crippen molar-refractivity contribution in [2.75, 3.05) is 16.8 Å². The number of benzene rings is 1. The number of aromatic carboxylic acids is 1. The fourth-order valence-electron chi connectivity index (χ4n) is 2.57. The summed E-state index contributed by atoms with van der Waals surface area (Å²) in [6.45, 7) is 2.16. The first-order chi connectivity index (χ1) is 9.11. The van der Waals surface area contributed by atoms with Crippen molar-refractivity contribution < 1.29 is 9.90 Å². The van der Waals surface area contributed by atoms with Crippen molar-refractivity contribution in [1.29, 1.82) is 0 Å². The number of anilines is 2. The first-order valence-corrected chi connectivity index (χ1v) is 7.67. The van der Waals surface area contributed by atoms with E-state index in [1.54, 1.807) is 12.1 Å². The second-order valence-electron chi connectivity index (χ2n) is 4.79. The molecular formula is C14H20N2O2S. The van der Waals surface area contributed by atoms with Crippen LogP contribution in [0.2, 0.25) is 0 Å². The number of nitrogens with one attached hydrogen (secondary N) is 1. The Balaban J connectivity index is 2.16. The van der Waals surface area contributed by atoms with E-state index < -0.39 is 5.97 Å². The maximum atomic E-state index is 11.3. The van der Waals surface area contributed by atoms with Crippen molar-refractivity contribution in [3.05, 3.63) is 23.8 Å². The SMILES string of the molecule is CCSC1CCCC1Nc1ccc(N)cc1C(=O)O. The van der Waals surface area contributed by atoms with Gasteiger partial charge in [-0.1, -0.05) is 13.3 Å². The van der Waals surface area contributed by atoms with Gasteiger partial charge in [0, 0.05) is 22.7 Å². The van der Waals surface area contributed by atoms with Gasteiger partial charge in [0.1, 0.15) is 0 Å². The number of carboxylic acids is 1. The molecular weight excluding hydrogens is 260 g/mol. The second-order valence-corrected chi connectivity index (χ2v) is 6.30. The molecule has 0 spiro atoms. The van der Waals surface area contributed by atoms with Crippen molar-refractivity contribution >= 4 is 29.1 Å². The number of nitrogens with two attached hydrogens (primary N) is 1. The summed E-state index contributed by atoms with van der Waals surface area (Å²) in [7, 11) is 0. The third-order valence-corrected chi connectivity index (χ3v) is 4.77. The zero-order chi connectivity index (χ0) is 13.8. The minimum Gasteiger partial charge on any atom is -0.478 e. The molecule has 1 fully saturated rings. The van der Waals surface area contributed by atoms with Gasteiger partial charge in [0.05, 0.1) is 5.56 Å². The topological polar surface area (TPSA) is 75.3 Å². The second kappa shape index (κ2) is 6.19. The number of carbonyl (C=O) groups is 1. The molecule has 0 amide bonds. The highest BCUT2D eigenvalue weighted by Crippen LogP contribution is 2.33. The highest BCUT2D eigenvalue weighted by molar-refractivity contribution is 7.99. The van der Waals surface area contributed by atoms with Crippen LogP contribution in [0.3, 0.4) is 0 Å². The number of rotatable bonds is 5. The molecule has 0 heterocycles. The van der Waals surface area contributed by atoms with Gasteiger partial charge >= 0.3 is 5.97 Å². The zero-order valence-corrected chi connectivity index (χ0v) is 11.9. The summed E-state index contributed by atoms with van der Waals surface area (Å²) in [6, 6.07) is 5.38. The van der Waals surface area contributed by atoms with Crippen LogP contribution in [0.15, 0.2) is 18.2 Å². The molecule has 5 heteroatoms. The lowest BCUT2D eigenvalue weighted by atomic mass is 10.1. The highest BCUT2D eigenvalue weighted by Gasteiger charge is 2.28. The molecule has 4 nitrogen and oxygen atoms in total. The number of hydrogen-bond acceptors (Lipinski definition) is 4. The first-order valence-electron chi connectivity index (χ1n) is 6.62. The van der Waals surface area contributed by atoms with Crippen LogP contribution in [0.5, 0.6) is 0 Å². The molecule has 0 bridgehead atoms. The van der Waals surface area contributed by atoms with Crippen LogP contribution in [0, 0.1) is 0 Å². The predicted molar refractivity (Wildman–Crippen MR) is 81.0 cm³/mol. The number of hydrogen-bond donors (Lipinski definition) is 3. The number of thioether (sulfide) groups is 1. The summed E-state index contributed by atoms with van der Waals surface area (Å²) < 4.78 is 0. The normalized spacial score (nSPS) is 22.4. The molecule has 104 valence electrons. The van der Waals surface area contributed by atoms with Gasteiger partial charge in [-0.2, -0.15) is 11.8 Å². The van der Waals surface area contributed by atoms with E-state index in [1.807, 2.05) is 11.8 Å². The summed E-state index contributed by atoms with van der Waals surface area (Å²) in [6.07, 6.45) is 3.50. The molecule has 0 aromatic heterocycles. The molecule has 2 rings (SSSR count). The minimum atomic E-state index is -0.938. The minimum absolute atomic E-state index is 0.257. The van der Waals surface area contributed by atoms with Crippen LogP contribution in [-0.2, 0) is 0 Å². The van der Waals surface area contributed by atoms with Gasteiger partial charge in [0.2, 0.25) is 0 Å². The fourth-order valence-corrected chi connectivity index (χ4v) is 3.77. The van der Waals surface area contributed by atoms with Crippen LogP contribution in [0.25, 0.3) is 0 Å². The summed E-state index contributed by atoms with van der Waals surface area (Å²) in [5, 5.41) is 13.2. The third-order valence-electron chi connectivity index (χ3n) is 3.45. The van der Waals surface area contributed by atoms with Gasteiger partial charge < -0.3 is 16.2 Å². The van der Waals surface area contributed by atoms with Crippen molar-refractivity contribution in [2.45, 2.75) is 37.5 Å². The van der Waals surface area contributed by atoms with E-state index in [4.69, 9.17) is 5.73 Å². The van der Waals surface area contributed by atoms with Gasteiger partial charge in [-0.25, -0.2) is 4.79 Å². The molecule has 1 saturated carbocycles. The van der Waals surface area contributed by atoms with E-state index in [0.717, 1.165) is 12.2 Å². The van der Waals surface area contributed by atoms with E-state index >= 15 is 0 Å². The van der Waals surface area contributed by atoms with E-state index in [9.17, 15) is 9.90 Å². The Labute approximate surface area is 117 Å². The van der Waals surface area contributed by atoms with Crippen molar-refractivity contribution in [3.63, 3.8) is 0 Å². The van der Waals surface area contributed by atoms with Gasteiger partial charge in [-0.05, 0) is 36.8 Å². The maximum Gasteiger partial charge on any atom is 0.337 e. The summed E-state index contributed by atoms with van der Waals surface area (Å²) in [4.78, 5) is 11.3. The lowest BCUT2D eigenvalue weighted by molar-refractivity contribution is 0.0698. The predicted octanol–water partition coefficient (Wildman–Crippen LogP) is 3.05. The molecule has 0 saturated heterocycles. The highest BCUT2D eigenvalue weighted by atomic mass is 32.2. The quantitative estimate of drug-likeness (QED) is 0.723. The first kappa shape index (κ1) is 14.1. The number of carboxylic acid groups (broad SMARTS) is 1. The molecule has 19 heavy (non-hydrogen) atoms. The number of nitrogen functional groups attached to an aromatic ring is 1. The van der Waals surface area contributed by atoms with Crippen molar-refractivity contribution in [2.24, 2.45) is 0 Å². The Morgan fingerprint density at radius 2 is 2.32 bits per heavy atom. The summed E-state index contributed by atoms with van der Waals surface area (Å²) in [5.74, 6) is 0.156. The van der Waals surface area contributed by atoms with Gasteiger partial charge in [0.15, 0.2) is 0 Å². The molecule has 1 aromatic rings. The van der Waals surface area contributed by atoms with Crippen molar-refractivity contribution in [1.82, 2.24) is 0 Å². The summed E-state index contributed by atoms with van der Waals surface area (Å²) >= 11 is 1.95. The Morgan fingerprint density at radius 1 is 1.53 bits per heavy atom. The smallest absolute Gasteiger partial charge is 0.337 e. The third kappa shape index (κ3) is 3.35. The Kier molecular flexibility index (Phi) is 4.58. The van der Waals surface area contributed by atoms with Crippen LogP contribution < -0.4 is 11.1 Å². The lowest BCUT2D eigenvalue weighted by Crippen LogP contribution is -2.27. The Bertz CT molecular complexity index is 465. The largest absolute Gasteiger partial charge is 0.478 e. The van der Waals surface area contributed by atoms with Crippen LogP contribution in [-0.4, -0.2) is 28.1 Å². The Hall–Kier alpha value is -1.36. The van der Waals surface area contributed by atoms with E-state index in [0.29, 0.717) is 22.7 Å². The van der Waals surface area contributed by atoms with Crippen LogP contribution in [0.4, 0.5) is 11.4 Å². The van der Waals surface area contributed by atoms with Gasteiger partial charge in [-0.3, -0.25) is 0 Å². The lowest BCUT2D eigenvalue weighted by Gasteiger charge is -2.22. The van der Waals surface area contributed by atoms with Gasteiger partial charge in [0.25, 0.3) is 0 Å².